The molecule has 1 saturated heterocycles. The second-order valence-electron chi connectivity index (χ2n) is 4.21. The third-order valence-corrected chi connectivity index (χ3v) is 2.79. The summed E-state index contributed by atoms with van der Waals surface area (Å²) in [5.74, 6) is 0. The molecular weight excluding hydrogens is 200 g/mol. The van der Waals surface area contributed by atoms with Crippen LogP contribution in [0.25, 0.3) is 0 Å². The van der Waals surface area contributed by atoms with Gasteiger partial charge in [-0.2, -0.15) is 0 Å². The topological polar surface area (TPSA) is 33.2 Å². The van der Waals surface area contributed by atoms with E-state index in [1.54, 1.807) is 12.4 Å². The first-order valence-corrected chi connectivity index (χ1v) is 5.78. The Labute approximate surface area is 97.5 Å². The van der Waals surface area contributed by atoms with Crippen LogP contribution in [0, 0.1) is 6.92 Å². The molecule has 0 radical (unpaired) electrons. The van der Waals surface area contributed by atoms with Crippen LogP contribution < -0.4 is 0 Å². The number of piperidine rings is 1. The Balaban J connectivity index is 0.000000165. The number of aryl methyl sites for hydroxylation is 1. The van der Waals surface area contributed by atoms with Crippen molar-refractivity contribution in [3.8, 4) is 0 Å². The van der Waals surface area contributed by atoms with E-state index in [0.29, 0.717) is 5.56 Å². The summed E-state index contributed by atoms with van der Waals surface area (Å²) in [4.78, 5) is 16.4. The minimum Gasteiger partial charge on any atom is -0.306 e. The van der Waals surface area contributed by atoms with E-state index in [-0.39, 0.29) is 0 Å². The predicted molar refractivity (Wildman–Crippen MR) is 65.7 cm³/mol. The lowest BCUT2D eigenvalue weighted by atomic mass is 10.1. The van der Waals surface area contributed by atoms with Gasteiger partial charge in [-0.05, 0) is 51.5 Å². The molecule has 0 saturated carbocycles. The van der Waals surface area contributed by atoms with E-state index in [1.807, 2.05) is 13.0 Å². The van der Waals surface area contributed by atoms with Crippen LogP contribution in [0.5, 0.6) is 0 Å². The van der Waals surface area contributed by atoms with Gasteiger partial charge in [0.1, 0.15) is 0 Å². The standard InChI is InChI=1S/C7H7NO.C6H13N/c1-6-2-3-8-4-7(6)5-9;1-7-5-3-2-4-6-7/h2-5H,1H3;2-6H2,1H3. The van der Waals surface area contributed by atoms with Crippen molar-refractivity contribution in [3.63, 3.8) is 0 Å². The second-order valence-corrected chi connectivity index (χ2v) is 4.21. The van der Waals surface area contributed by atoms with Crippen LogP contribution >= 0.6 is 0 Å². The third kappa shape index (κ3) is 4.53. The quantitative estimate of drug-likeness (QED) is 0.681. The fourth-order valence-corrected chi connectivity index (χ4v) is 1.65. The summed E-state index contributed by atoms with van der Waals surface area (Å²) in [6.07, 6.45) is 8.31. The average Bonchev–Trinajstić information content (AvgIpc) is 2.31. The first kappa shape index (κ1) is 12.8. The molecule has 1 fully saturated rings. The van der Waals surface area contributed by atoms with Crippen molar-refractivity contribution in [1.82, 2.24) is 9.88 Å². The van der Waals surface area contributed by atoms with E-state index in [4.69, 9.17) is 0 Å². The van der Waals surface area contributed by atoms with Gasteiger partial charge < -0.3 is 4.90 Å². The number of hydrogen-bond acceptors (Lipinski definition) is 3. The van der Waals surface area contributed by atoms with Crippen LogP contribution in [0.3, 0.4) is 0 Å². The van der Waals surface area contributed by atoms with Gasteiger partial charge in [0.2, 0.25) is 0 Å². The SMILES string of the molecule is CN1CCCCC1.Cc1ccncc1C=O. The molecule has 0 N–H and O–H groups in total. The molecule has 0 aromatic carbocycles. The molecule has 16 heavy (non-hydrogen) atoms. The summed E-state index contributed by atoms with van der Waals surface area (Å²) in [5, 5.41) is 0. The Kier molecular flexibility index (Phi) is 5.72. The van der Waals surface area contributed by atoms with E-state index in [1.165, 1.54) is 32.4 Å². The third-order valence-electron chi connectivity index (χ3n) is 2.79. The molecule has 2 rings (SSSR count). The highest BCUT2D eigenvalue weighted by atomic mass is 16.1. The molecule has 1 aliphatic rings. The van der Waals surface area contributed by atoms with Gasteiger partial charge in [0.05, 0.1) is 0 Å². The van der Waals surface area contributed by atoms with Crippen molar-refractivity contribution in [2.45, 2.75) is 26.2 Å². The number of carbonyl (C=O) groups excluding carboxylic acids is 1. The number of pyridine rings is 1. The van der Waals surface area contributed by atoms with Crippen LogP contribution in [0.15, 0.2) is 18.5 Å². The maximum absolute atomic E-state index is 10.2. The summed E-state index contributed by atoms with van der Waals surface area (Å²) in [5.41, 5.74) is 1.64. The molecular formula is C13H20N2O. The fraction of sp³-hybridized carbons (Fsp3) is 0.538. The van der Waals surface area contributed by atoms with Crippen molar-refractivity contribution >= 4 is 6.29 Å². The minimum absolute atomic E-state index is 0.664. The zero-order valence-corrected chi connectivity index (χ0v) is 10.1. The van der Waals surface area contributed by atoms with E-state index >= 15 is 0 Å². The van der Waals surface area contributed by atoms with Crippen LogP contribution in [0.1, 0.15) is 35.2 Å². The highest BCUT2D eigenvalue weighted by Gasteiger charge is 2.02. The van der Waals surface area contributed by atoms with Crippen molar-refractivity contribution in [1.29, 1.82) is 0 Å². The van der Waals surface area contributed by atoms with Gasteiger partial charge in [-0.15, -0.1) is 0 Å². The number of nitrogens with zero attached hydrogens (tertiary/aromatic N) is 2. The van der Waals surface area contributed by atoms with Gasteiger partial charge in [0, 0.05) is 18.0 Å². The molecule has 1 aliphatic heterocycles. The lowest BCUT2D eigenvalue weighted by Gasteiger charge is -2.20. The normalized spacial score (nSPS) is 16.1. The number of likely N-dealkylation sites (tertiary alicyclic amines) is 1. The summed E-state index contributed by atoms with van der Waals surface area (Å²) >= 11 is 0. The molecule has 88 valence electrons. The highest BCUT2D eigenvalue weighted by molar-refractivity contribution is 5.76. The van der Waals surface area contributed by atoms with Gasteiger partial charge in [-0.1, -0.05) is 6.42 Å². The van der Waals surface area contributed by atoms with Crippen molar-refractivity contribution < 1.29 is 4.79 Å². The predicted octanol–water partition coefficient (Wildman–Crippen LogP) is 2.30. The highest BCUT2D eigenvalue weighted by Crippen LogP contribution is 2.04. The van der Waals surface area contributed by atoms with Crippen LogP contribution in [-0.4, -0.2) is 36.3 Å². The van der Waals surface area contributed by atoms with E-state index < -0.39 is 0 Å². The van der Waals surface area contributed by atoms with Crippen LogP contribution in [0.2, 0.25) is 0 Å². The van der Waals surface area contributed by atoms with Gasteiger partial charge >= 0.3 is 0 Å². The molecule has 0 unspecified atom stereocenters. The maximum atomic E-state index is 10.2. The molecule has 3 heteroatoms. The monoisotopic (exact) mass is 220 g/mol. The molecule has 1 aromatic heterocycles. The van der Waals surface area contributed by atoms with Crippen LogP contribution in [0.4, 0.5) is 0 Å². The summed E-state index contributed by atoms with van der Waals surface area (Å²) in [6, 6.07) is 1.81. The average molecular weight is 220 g/mol. The smallest absolute Gasteiger partial charge is 0.151 e. The minimum atomic E-state index is 0.664. The first-order valence-electron chi connectivity index (χ1n) is 5.78. The zero-order valence-electron chi connectivity index (χ0n) is 10.1. The maximum Gasteiger partial charge on any atom is 0.151 e. The zero-order chi connectivity index (χ0) is 11.8. The Morgan fingerprint density at radius 3 is 2.38 bits per heavy atom. The van der Waals surface area contributed by atoms with Gasteiger partial charge in [0.25, 0.3) is 0 Å². The first-order chi connectivity index (χ1) is 7.74. The van der Waals surface area contributed by atoms with Crippen molar-refractivity contribution in [2.75, 3.05) is 20.1 Å². The summed E-state index contributed by atoms with van der Waals surface area (Å²) in [6.45, 7) is 4.52. The second kappa shape index (κ2) is 7.12. The lowest BCUT2D eigenvalue weighted by Crippen LogP contribution is -2.24. The molecule has 0 bridgehead atoms. The Hall–Kier alpha value is -1.22. The van der Waals surface area contributed by atoms with E-state index in [2.05, 4.69) is 16.9 Å². The number of aldehydes is 1. The number of carbonyl (C=O) groups is 1. The van der Waals surface area contributed by atoms with Gasteiger partial charge in [-0.25, -0.2) is 0 Å². The van der Waals surface area contributed by atoms with Gasteiger partial charge in [0.15, 0.2) is 6.29 Å². The molecule has 0 atom stereocenters. The largest absolute Gasteiger partial charge is 0.306 e. The number of hydrogen-bond donors (Lipinski definition) is 0. The van der Waals surface area contributed by atoms with Crippen molar-refractivity contribution in [3.05, 3.63) is 29.6 Å². The van der Waals surface area contributed by atoms with Crippen LogP contribution in [-0.2, 0) is 0 Å². The van der Waals surface area contributed by atoms with E-state index in [0.717, 1.165) is 11.8 Å². The molecule has 0 amide bonds. The molecule has 0 spiro atoms. The number of aromatic nitrogens is 1. The Morgan fingerprint density at radius 1 is 1.31 bits per heavy atom. The molecule has 2 heterocycles. The lowest BCUT2D eigenvalue weighted by molar-refractivity contribution is 0.112. The molecule has 1 aromatic rings. The number of rotatable bonds is 1. The summed E-state index contributed by atoms with van der Waals surface area (Å²) < 4.78 is 0. The Morgan fingerprint density at radius 2 is 2.00 bits per heavy atom. The van der Waals surface area contributed by atoms with Gasteiger partial charge in [-0.3, -0.25) is 9.78 Å². The molecule has 3 nitrogen and oxygen atoms in total. The molecule has 0 aliphatic carbocycles. The Bertz CT molecular complexity index is 319. The summed E-state index contributed by atoms with van der Waals surface area (Å²) in [7, 11) is 2.19. The van der Waals surface area contributed by atoms with Crippen molar-refractivity contribution in [2.24, 2.45) is 0 Å². The van der Waals surface area contributed by atoms with E-state index in [9.17, 15) is 4.79 Å². The fourth-order valence-electron chi connectivity index (χ4n) is 1.65.